The third kappa shape index (κ3) is 6.07. The van der Waals surface area contributed by atoms with Crippen LogP contribution in [0, 0.1) is 6.92 Å². The van der Waals surface area contributed by atoms with E-state index in [1.807, 2.05) is 79.9 Å². The fourth-order valence-corrected chi connectivity index (χ4v) is 3.32. The molecule has 0 unspecified atom stereocenters. The number of carbonyl (C=O) groups excluding carboxylic acids is 2. The molecule has 4 aromatic rings. The van der Waals surface area contributed by atoms with Crippen LogP contribution in [0.25, 0.3) is 5.69 Å². The molecule has 166 valence electrons. The first-order chi connectivity index (χ1) is 16.1. The van der Waals surface area contributed by atoms with Gasteiger partial charge in [0.25, 0.3) is 5.91 Å². The van der Waals surface area contributed by atoms with E-state index in [4.69, 9.17) is 0 Å². The Hall–Kier alpha value is -4.39. The van der Waals surface area contributed by atoms with Crippen molar-refractivity contribution in [3.63, 3.8) is 0 Å². The summed E-state index contributed by atoms with van der Waals surface area (Å²) in [7, 11) is 0. The van der Waals surface area contributed by atoms with Gasteiger partial charge in [-0.3, -0.25) is 4.79 Å². The van der Waals surface area contributed by atoms with Gasteiger partial charge in [0, 0.05) is 36.7 Å². The summed E-state index contributed by atoms with van der Waals surface area (Å²) in [5.41, 5.74) is 5.16. The monoisotopic (exact) mass is 439 g/mol. The molecule has 1 aromatic heterocycles. The molecule has 1 heterocycles. The average molecular weight is 440 g/mol. The van der Waals surface area contributed by atoms with Gasteiger partial charge in [0.05, 0.1) is 5.69 Å². The van der Waals surface area contributed by atoms with Crippen LogP contribution in [0.3, 0.4) is 0 Å². The van der Waals surface area contributed by atoms with Gasteiger partial charge in [-0.25, -0.2) is 9.48 Å². The molecular weight excluding hydrogens is 414 g/mol. The Kier molecular flexibility index (Phi) is 6.80. The highest BCUT2D eigenvalue weighted by molar-refractivity contribution is 6.04. The number of rotatable bonds is 7. The molecule has 33 heavy (non-hydrogen) atoms. The van der Waals surface area contributed by atoms with E-state index < -0.39 is 0 Å². The summed E-state index contributed by atoms with van der Waals surface area (Å²) < 4.78 is 1.77. The zero-order valence-electron chi connectivity index (χ0n) is 18.3. The van der Waals surface area contributed by atoms with E-state index in [2.05, 4.69) is 21.0 Å². The van der Waals surface area contributed by atoms with Crippen molar-refractivity contribution in [3.05, 3.63) is 114 Å². The van der Waals surface area contributed by atoms with Gasteiger partial charge in [0.15, 0.2) is 0 Å². The number of aryl methyl sites for hydroxylation is 1. The molecule has 3 aromatic carbocycles. The Morgan fingerprint density at radius 3 is 2.24 bits per heavy atom. The van der Waals surface area contributed by atoms with Crippen molar-refractivity contribution in [2.45, 2.75) is 20.0 Å². The van der Waals surface area contributed by atoms with Crippen LogP contribution in [0.4, 0.5) is 10.5 Å². The van der Waals surface area contributed by atoms with Gasteiger partial charge in [-0.05, 0) is 60.5 Å². The molecule has 0 saturated carbocycles. The SMILES string of the molecule is Cc1ccc(C(=O)Nc2cccc(CNC(=O)NCc3cccc(-n4cccn4)c3)c2)cc1. The first-order valence-electron chi connectivity index (χ1n) is 10.6. The van der Waals surface area contributed by atoms with Crippen LogP contribution in [0.2, 0.25) is 0 Å². The summed E-state index contributed by atoms with van der Waals surface area (Å²) in [6.45, 7) is 2.72. The fraction of sp³-hybridized carbons (Fsp3) is 0.115. The lowest BCUT2D eigenvalue weighted by Gasteiger charge is -2.11. The summed E-state index contributed by atoms with van der Waals surface area (Å²) in [6.07, 6.45) is 3.60. The minimum absolute atomic E-state index is 0.171. The number of anilines is 1. The van der Waals surface area contributed by atoms with Crippen LogP contribution in [0.5, 0.6) is 0 Å². The molecule has 7 heteroatoms. The molecule has 0 saturated heterocycles. The number of hydrogen-bond donors (Lipinski definition) is 3. The topological polar surface area (TPSA) is 88.0 Å². The lowest BCUT2D eigenvalue weighted by Crippen LogP contribution is -2.34. The summed E-state index contributed by atoms with van der Waals surface area (Å²) in [4.78, 5) is 24.7. The van der Waals surface area contributed by atoms with Crippen LogP contribution in [0.1, 0.15) is 27.0 Å². The third-order valence-electron chi connectivity index (χ3n) is 5.08. The molecule has 3 amide bonds. The largest absolute Gasteiger partial charge is 0.334 e. The maximum atomic E-state index is 12.4. The summed E-state index contributed by atoms with van der Waals surface area (Å²) in [6, 6.07) is 24.2. The van der Waals surface area contributed by atoms with E-state index >= 15 is 0 Å². The van der Waals surface area contributed by atoms with E-state index in [0.29, 0.717) is 24.3 Å². The zero-order valence-corrected chi connectivity index (χ0v) is 18.3. The van der Waals surface area contributed by atoms with Crippen molar-refractivity contribution in [2.24, 2.45) is 0 Å². The summed E-state index contributed by atoms with van der Waals surface area (Å²) in [5.74, 6) is -0.171. The second-order valence-electron chi connectivity index (χ2n) is 7.68. The second kappa shape index (κ2) is 10.3. The first-order valence-corrected chi connectivity index (χ1v) is 10.6. The van der Waals surface area contributed by atoms with Crippen molar-refractivity contribution in [3.8, 4) is 5.69 Å². The standard InChI is InChI=1S/C26H25N5O2/c1-19-9-11-22(12-10-19)25(32)30-23-7-2-5-20(15-23)17-27-26(33)28-18-21-6-3-8-24(16-21)31-14-4-13-29-31/h2-16H,17-18H2,1H3,(H,30,32)(H2,27,28,33). The van der Waals surface area contributed by atoms with Crippen molar-refractivity contribution >= 4 is 17.6 Å². The number of nitrogens with one attached hydrogen (secondary N) is 3. The van der Waals surface area contributed by atoms with Gasteiger partial charge in [-0.1, -0.05) is 42.0 Å². The Balaban J connectivity index is 1.28. The molecule has 0 spiro atoms. The molecule has 7 nitrogen and oxygen atoms in total. The van der Waals surface area contributed by atoms with E-state index in [1.54, 1.807) is 23.0 Å². The van der Waals surface area contributed by atoms with Gasteiger partial charge in [-0.2, -0.15) is 5.10 Å². The highest BCUT2D eigenvalue weighted by Crippen LogP contribution is 2.13. The van der Waals surface area contributed by atoms with Gasteiger partial charge < -0.3 is 16.0 Å². The van der Waals surface area contributed by atoms with Gasteiger partial charge in [0.2, 0.25) is 0 Å². The van der Waals surface area contributed by atoms with Gasteiger partial charge in [0.1, 0.15) is 0 Å². The molecule has 0 aliphatic rings. The minimum Gasteiger partial charge on any atom is -0.334 e. The zero-order chi connectivity index (χ0) is 23.0. The van der Waals surface area contributed by atoms with E-state index in [9.17, 15) is 9.59 Å². The number of hydrogen-bond acceptors (Lipinski definition) is 3. The molecule has 3 N–H and O–H groups in total. The van der Waals surface area contributed by atoms with Gasteiger partial charge in [-0.15, -0.1) is 0 Å². The minimum atomic E-state index is -0.270. The molecular formula is C26H25N5O2. The summed E-state index contributed by atoms with van der Waals surface area (Å²) >= 11 is 0. The van der Waals surface area contributed by atoms with Crippen LogP contribution < -0.4 is 16.0 Å². The molecule has 0 atom stereocenters. The van der Waals surface area contributed by atoms with E-state index in [-0.39, 0.29) is 11.9 Å². The predicted molar refractivity (Wildman–Crippen MR) is 128 cm³/mol. The normalized spacial score (nSPS) is 10.5. The second-order valence-corrected chi connectivity index (χ2v) is 7.68. The van der Waals surface area contributed by atoms with Crippen LogP contribution in [-0.2, 0) is 13.1 Å². The number of urea groups is 1. The van der Waals surface area contributed by atoms with E-state index in [0.717, 1.165) is 22.4 Å². The van der Waals surface area contributed by atoms with Crippen molar-refractivity contribution in [2.75, 3.05) is 5.32 Å². The maximum absolute atomic E-state index is 12.4. The third-order valence-corrected chi connectivity index (χ3v) is 5.08. The van der Waals surface area contributed by atoms with Crippen LogP contribution in [0.15, 0.2) is 91.3 Å². The lowest BCUT2D eigenvalue weighted by atomic mass is 10.1. The van der Waals surface area contributed by atoms with Crippen molar-refractivity contribution < 1.29 is 9.59 Å². The maximum Gasteiger partial charge on any atom is 0.315 e. The molecule has 0 fully saturated rings. The van der Waals surface area contributed by atoms with Gasteiger partial charge >= 0.3 is 6.03 Å². The first kappa shape index (κ1) is 21.8. The molecule has 0 bridgehead atoms. The van der Waals surface area contributed by atoms with Crippen LogP contribution in [-0.4, -0.2) is 21.7 Å². The fourth-order valence-electron chi connectivity index (χ4n) is 3.32. The average Bonchev–Trinajstić information content (AvgIpc) is 3.37. The molecule has 0 aliphatic heterocycles. The quantitative estimate of drug-likeness (QED) is 0.398. The highest BCUT2D eigenvalue weighted by Gasteiger charge is 2.07. The lowest BCUT2D eigenvalue weighted by molar-refractivity contribution is 0.102. The highest BCUT2D eigenvalue weighted by atomic mass is 16.2. The molecule has 0 radical (unpaired) electrons. The number of nitrogens with zero attached hydrogens (tertiary/aromatic N) is 2. The smallest absolute Gasteiger partial charge is 0.315 e. The number of amides is 3. The molecule has 4 rings (SSSR count). The van der Waals surface area contributed by atoms with E-state index in [1.165, 1.54) is 0 Å². The summed E-state index contributed by atoms with van der Waals surface area (Å²) in [5, 5.41) is 12.8. The Morgan fingerprint density at radius 1 is 0.848 bits per heavy atom. The van der Waals surface area contributed by atoms with Crippen molar-refractivity contribution in [1.82, 2.24) is 20.4 Å². The van der Waals surface area contributed by atoms with Crippen molar-refractivity contribution in [1.29, 1.82) is 0 Å². The number of benzene rings is 3. The molecule has 0 aliphatic carbocycles. The Morgan fingerprint density at radius 2 is 1.55 bits per heavy atom. The number of carbonyl (C=O) groups is 2. The predicted octanol–water partition coefficient (Wildman–Crippen LogP) is 4.43. The van der Waals surface area contributed by atoms with Crippen LogP contribution >= 0.6 is 0 Å². The number of aromatic nitrogens is 2. The Bertz CT molecular complexity index is 1230. The Labute approximate surface area is 192 Å².